The van der Waals surface area contributed by atoms with E-state index in [2.05, 4.69) is 18.8 Å². The summed E-state index contributed by atoms with van der Waals surface area (Å²) >= 11 is 0. The molecule has 19 heavy (non-hydrogen) atoms. The standard InChI is InChI=1S/C15H17FO2S/c1-2-3-4-5-6-10-13-15(16)19(17,18)14-11-8-7-9-12-14/h7-9,11-13H,2-5H2,1H3/b15-13+. The molecule has 4 heteroatoms. The molecule has 1 aromatic rings. The van der Waals surface area contributed by atoms with E-state index in [4.69, 9.17) is 0 Å². The molecule has 0 bridgehead atoms. The van der Waals surface area contributed by atoms with Crippen LogP contribution in [0, 0.1) is 11.8 Å². The van der Waals surface area contributed by atoms with E-state index in [0.717, 1.165) is 25.3 Å². The third-order valence-electron chi connectivity index (χ3n) is 2.50. The van der Waals surface area contributed by atoms with E-state index in [1.54, 1.807) is 18.2 Å². The van der Waals surface area contributed by atoms with Crippen molar-refractivity contribution in [3.8, 4) is 11.8 Å². The van der Waals surface area contributed by atoms with Crippen molar-refractivity contribution in [1.82, 2.24) is 0 Å². The fourth-order valence-electron chi connectivity index (χ4n) is 1.43. The van der Waals surface area contributed by atoms with Crippen molar-refractivity contribution >= 4 is 9.84 Å². The predicted molar refractivity (Wildman–Crippen MR) is 74.7 cm³/mol. The molecule has 0 spiro atoms. The third-order valence-corrected chi connectivity index (χ3v) is 4.03. The van der Waals surface area contributed by atoms with Gasteiger partial charge in [-0.05, 0) is 18.6 Å². The topological polar surface area (TPSA) is 34.1 Å². The maximum atomic E-state index is 13.6. The molecule has 0 saturated heterocycles. The molecular formula is C15H17FO2S. The Balaban J connectivity index is 2.74. The fraction of sp³-hybridized carbons (Fsp3) is 0.333. The second-order valence-electron chi connectivity index (χ2n) is 4.04. The van der Waals surface area contributed by atoms with Gasteiger partial charge in [-0.15, -0.1) is 0 Å². The Bertz CT molecular complexity index is 578. The molecule has 0 fully saturated rings. The molecule has 102 valence electrons. The van der Waals surface area contributed by atoms with Crippen molar-refractivity contribution in [2.45, 2.75) is 37.5 Å². The van der Waals surface area contributed by atoms with Gasteiger partial charge in [-0.2, -0.15) is 4.39 Å². The van der Waals surface area contributed by atoms with Crippen LogP contribution in [0.4, 0.5) is 4.39 Å². The Kier molecular flexibility index (Phi) is 6.31. The number of unbranched alkanes of at least 4 members (excludes halogenated alkanes) is 3. The van der Waals surface area contributed by atoms with E-state index < -0.39 is 15.0 Å². The van der Waals surface area contributed by atoms with E-state index in [1.165, 1.54) is 12.1 Å². The first kappa shape index (κ1) is 15.5. The average Bonchev–Trinajstić information content (AvgIpc) is 2.43. The molecule has 0 aliphatic heterocycles. The van der Waals surface area contributed by atoms with Gasteiger partial charge in [0.15, 0.2) is 0 Å². The summed E-state index contributed by atoms with van der Waals surface area (Å²) in [6, 6.07) is 7.50. The molecule has 0 aliphatic rings. The highest BCUT2D eigenvalue weighted by atomic mass is 32.2. The molecule has 0 radical (unpaired) electrons. The van der Waals surface area contributed by atoms with Gasteiger partial charge in [0.1, 0.15) is 0 Å². The Morgan fingerprint density at radius 2 is 1.95 bits per heavy atom. The first-order valence-electron chi connectivity index (χ1n) is 6.23. The molecule has 1 rings (SSSR count). The van der Waals surface area contributed by atoms with Crippen molar-refractivity contribution in [1.29, 1.82) is 0 Å². The van der Waals surface area contributed by atoms with Crippen molar-refractivity contribution in [2.75, 3.05) is 0 Å². The lowest BCUT2D eigenvalue weighted by molar-refractivity contribution is 0.577. The molecule has 0 aromatic heterocycles. The second kappa shape index (κ2) is 7.75. The molecule has 0 N–H and O–H groups in total. The quantitative estimate of drug-likeness (QED) is 0.606. The zero-order valence-electron chi connectivity index (χ0n) is 10.9. The third kappa shape index (κ3) is 4.88. The van der Waals surface area contributed by atoms with E-state index in [0.29, 0.717) is 6.42 Å². The molecule has 0 heterocycles. The van der Waals surface area contributed by atoms with Crippen molar-refractivity contribution in [3.63, 3.8) is 0 Å². The van der Waals surface area contributed by atoms with E-state index in [-0.39, 0.29) is 4.90 Å². The lowest BCUT2D eigenvalue weighted by atomic mass is 10.2. The second-order valence-corrected chi connectivity index (χ2v) is 5.91. The first-order valence-corrected chi connectivity index (χ1v) is 7.71. The number of sulfone groups is 1. The number of hydrogen-bond donors (Lipinski definition) is 0. The van der Waals surface area contributed by atoms with Gasteiger partial charge in [0.25, 0.3) is 0 Å². The van der Waals surface area contributed by atoms with Gasteiger partial charge in [0.2, 0.25) is 15.0 Å². The zero-order valence-corrected chi connectivity index (χ0v) is 11.7. The highest BCUT2D eigenvalue weighted by molar-refractivity contribution is 7.95. The lowest BCUT2D eigenvalue weighted by Crippen LogP contribution is -2.00. The number of allylic oxidation sites excluding steroid dienone is 1. The highest BCUT2D eigenvalue weighted by Crippen LogP contribution is 2.19. The van der Waals surface area contributed by atoms with Crippen LogP contribution in [-0.2, 0) is 9.84 Å². The van der Waals surface area contributed by atoms with Gasteiger partial charge in [0.05, 0.1) is 4.90 Å². The van der Waals surface area contributed by atoms with Crippen LogP contribution < -0.4 is 0 Å². The number of hydrogen-bond acceptors (Lipinski definition) is 2. The summed E-state index contributed by atoms with van der Waals surface area (Å²) in [5, 5.41) is -1.21. The van der Waals surface area contributed by atoms with Crippen LogP contribution >= 0.6 is 0 Å². The smallest absolute Gasteiger partial charge is 0.216 e. The maximum absolute atomic E-state index is 13.6. The van der Waals surface area contributed by atoms with Crippen molar-refractivity contribution in [3.05, 3.63) is 41.6 Å². The minimum Gasteiger partial charge on any atom is -0.216 e. The number of halogens is 1. The summed E-state index contributed by atoms with van der Waals surface area (Å²) in [5.41, 5.74) is 0. The summed E-state index contributed by atoms with van der Waals surface area (Å²) in [6.07, 6.45) is 4.60. The Labute approximate surface area is 114 Å². The SMILES string of the molecule is CCCCCC#C/C=C(\F)S(=O)(=O)c1ccccc1. The minimum atomic E-state index is -4.04. The number of benzene rings is 1. The van der Waals surface area contributed by atoms with Crippen molar-refractivity contribution < 1.29 is 12.8 Å². The van der Waals surface area contributed by atoms with Crippen LogP contribution in [0.25, 0.3) is 0 Å². The summed E-state index contributed by atoms with van der Waals surface area (Å²) in [5.74, 6) is 5.20. The Morgan fingerprint density at radius 3 is 2.58 bits per heavy atom. The Hall–Kier alpha value is -1.60. The summed E-state index contributed by atoms with van der Waals surface area (Å²) < 4.78 is 37.2. The van der Waals surface area contributed by atoms with Crippen LogP contribution in [0.1, 0.15) is 32.6 Å². The van der Waals surface area contributed by atoms with Crippen LogP contribution in [-0.4, -0.2) is 8.42 Å². The molecule has 0 saturated carbocycles. The van der Waals surface area contributed by atoms with Gasteiger partial charge in [0, 0.05) is 12.5 Å². The predicted octanol–water partition coefficient (Wildman–Crippen LogP) is 3.85. The van der Waals surface area contributed by atoms with Gasteiger partial charge < -0.3 is 0 Å². The van der Waals surface area contributed by atoms with Gasteiger partial charge in [-0.3, -0.25) is 0 Å². The van der Waals surface area contributed by atoms with Crippen LogP contribution in [0.15, 0.2) is 46.5 Å². The maximum Gasteiger partial charge on any atom is 0.233 e. The zero-order chi connectivity index (χ0) is 14.1. The van der Waals surface area contributed by atoms with Crippen LogP contribution in [0.3, 0.4) is 0 Å². The molecule has 0 atom stereocenters. The first-order chi connectivity index (χ1) is 9.09. The summed E-state index contributed by atoms with van der Waals surface area (Å²) in [6.45, 7) is 2.08. The van der Waals surface area contributed by atoms with Crippen LogP contribution in [0.2, 0.25) is 0 Å². The molecular weight excluding hydrogens is 263 g/mol. The van der Waals surface area contributed by atoms with Crippen LogP contribution in [0.5, 0.6) is 0 Å². The van der Waals surface area contributed by atoms with E-state index >= 15 is 0 Å². The Morgan fingerprint density at radius 1 is 1.26 bits per heavy atom. The average molecular weight is 280 g/mol. The largest absolute Gasteiger partial charge is 0.233 e. The minimum absolute atomic E-state index is 0.0588. The molecule has 1 aromatic carbocycles. The normalized spacial score (nSPS) is 11.8. The molecule has 0 aliphatic carbocycles. The molecule has 2 nitrogen and oxygen atoms in total. The lowest BCUT2D eigenvalue weighted by Gasteiger charge is -1.99. The highest BCUT2D eigenvalue weighted by Gasteiger charge is 2.19. The fourth-order valence-corrected chi connectivity index (χ4v) is 2.39. The van der Waals surface area contributed by atoms with E-state index in [9.17, 15) is 12.8 Å². The summed E-state index contributed by atoms with van der Waals surface area (Å²) in [4.78, 5) is -0.0588. The van der Waals surface area contributed by atoms with E-state index in [1.807, 2.05) is 0 Å². The van der Waals surface area contributed by atoms with Crippen molar-refractivity contribution in [2.24, 2.45) is 0 Å². The number of rotatable bonds is 5. The van der Waals surface area contributed by atoms with Gasteiger partial charge in [-0.1, -0.05) is 49.8 Å². The molecule has 0 amide bonds. The molecule has 0 unspecified atom stereocenters. The van der Waals surface area contributed by atoms with Gasteiger partial charge in [-0.25, -0.2) is 8.42 Å². The van der Waals surface area contributed by atoms with Gasteiger partial charge >= 0.3 is 0 Å². The summed E-state index contributed by atoms with van der Waals surface area (Å²) in [7, 11) is -4.04. The monoisotopic (exact) mass is 280 g/mol.